The summed E-state index contributed by atoms with van der Waals surface area (Å²) >= 11 is 0. The third kappa shape index (κ3) is 6.23. The third-order valence-electron chi connectivity index (χ3n) is 4.41. The van der Waals surface area contributed by atoms with Crippen LogP contribution in [-0.4, -0.2) is 55.5 Å². The predicted octanol–water partition coefficient (Wildman–Crippen LogP) is 3.07. The molecule has 0 spiro atoms. The molecule has 1 aliphatic heterocycles. The average molecular weight is 509 g/mol. The van der Waals surface area contributed by atoms with Gasteiger partial charge in [-0.05, 0) is 40.7 Å². The largest absolute Gasteiger partial charge is 0.491 e. The molecule has 0 aliphatic carbocycles. The lowest BCUT2D eigenvalue weighted by atomic mass is 10.2. The Morgan fingerprint density at radius 3 is 2.59 bits per heavy atom. The van der Waals surface area contributed by atoms with E-state index in [-0.39, 0.29) is 35.8 Å². The zero-order valence-electron chi connectivity index (χ0n) is 16.9. The van der Waals surface area contributed by atoms with Crippen molar-refractivity contribution in [3.05, 3.63) is 29.8 Å². The van der Waals surface area contributed by atoms with E-state index in [1.807, 2.05) is 49.9 Å². The Hall–Kier alpha value is -1.03. The minimum atomic E-state index is -3.07. The van der Waals surface area contributed by atoms with Crippen molar-refractivity contribution in [2.24, 2.45) is 4.99 Å². The van der Waals surface area contributed by atoms with E-state index in [1.54, 1.807) is 13.8 Å². The van der Waals surface area contributed by atoms with Gasteiger partial charge in [-0.2, -0.15) is 0 Å². The molecule has 0 aromatic heterocycles. The van der Waals surface area contributed by atoms with E-state index in [0.717, 1.165) is 23.8 Å². The molecule has 0 amide bonds. The molecule has 1 fully saturated rings. The van der Waals surface area contributed by atoms with Crippen LogP contribution in [0.2, 0.25) is 0 Å². The van der Waals surface area contributed by atoms with E-state index in [9.17, 15) is 8.42 Å². The first kappa shape index (κ1) is 24.0. The zero-order valence-corrected chi connectivity index (χ0v) is 20.0. The first-order valence-corrected chi connectivity index (χ1v) is 10.8. The Morgan fingerprint density at radius 2 is 2.00 bits per heavy atom. The van der Waals surface area contributed by atoms with Gasteiger partial charge in [-0.25, -0.2) is 13.4 Å². The highest BCUT2D eigenvalue weighted by Crippen LogP contribution is 2.24. The fourth-order valence-corrected chi connectivity index (χ4v) is 4.28. The molecule has 1 aromatic rings. The van der Waals surface area contributed by atoms with Crippen LogP contribution in [0.25, 0.3) is 0 Å². The number of halogens is 1. The zero-order chi connectivity index (χ0) is 19.4. The van der Waals surface area contributed by atoms with Gasteiger partial charge < -0.3 is 15.0 Å². The summed E-state index contributed by atoms with van der Waals surface area (Å²) in [6.07, 6.45) is 0.0986. The maximum absolute atomic E-state index is 12.3. The number of guanidine groups is 1. The van der Waals surface area contributed by atoms with Crippen LogP contribution in [0.3, 0.4) is 0 Å². The molecule has 6 nitrogen and oxygen atoms in total. The summed E-state index contributed by atoms with van der Waals surface area (Å²) < 4.78 is 29.6. The van der Waals surface area contributed by atoms with Gasteiger partial charge in [-0.15, -0.1) is 24.0 Å². The average Bonchev–Trinajstić information content (AvgIpc) is 2.55. The third-order valence-corrected chi connectivity index (χ3v) is 6.95. The van der Waals surface area contributed by atoms with Gasteiger partial charge in [0.1, 0.15) is 5.75 Å². The number of rotatable bonds is 5. The van der Waals surface area contributed by atoms with Gasteiger partial charge in [-0.1, -0.05) is 18.2 Å². The van der Waals surface area contributed by atoms with Crippen molar-refractivity contribution in [3.8, 4) is 5.75 Å². The monoisotopic (exact) mass is 509 g/mol. The van der Waals surface area contributed by atoms with Crippen molar-refractivity contribution < 1.29 is 13.2 Å². The Morgan fingerprint density at radius 1 is 1.33 bits per heavy atom. The Bertz CT molecular complexity index is 748. The molecule has 0 bridgehead atoms. The standard InChI is InChI=1S/C19H31N3O3S.HI/c1-6-20-18(22-11-12-26(23,24)19(4,5)14-22)21-13-16-9-7-8-10-17(16)25-15(2)3;/h7-10,15H,6,11-14H2,1-5H3,(H,20,21);1H. The van der Waals surface area contributed by atoms with Gasteiger partial charge in [-0.3, -0.25) is 0 Å². The number of ether oxygens (including phenoxy) is 1. The molecule has 2 rings (SSSR count). The van der Waals surface area contributed by atoms with Crippen LogP contribution in [0.1, 0.15) is 40.2 Å². The summed E-state index contributed by atoms with van der Waals surface area (Å²) in [7, 11) is -3.07. The van der Waals surface area contributed by atoms with Gasteiger partial charge >= 0.3 is 0 Å². The number of para-hydroxylation sites is 1. The highest BCUT2D eigenvalue weighted by Gasteiger charge is 2.40. The summed E-state index contributed by atoms with van der Waals surface area (Å²) in [5.41, 5.74) is 1.01. The topological polar surface area (TPSA) is 71.0 Å². The molecular weight excluding hydrogens is 477 g/mol. The van der Waals surface area contributed by atoms with Crippen LogP contribution in [0.15, 0.2) is 29.3 Å². The SMILES string of the molecule is CCNC(=NCc1ccccc1OC(C)C)N1CCS(=O)(=O)C(C)(C)C1.I. The van der Waals surface area contributed by atoms with E-state index in [4.69, 9.17) is 9.73 Å². The fourth-order valence-electron chi connectivity index (χ4n) is 2.91. The quantitative estimate of drug-likeness (QED) is 0.376. The van der Waals surface area contributed by atoms with Crippen LogP contribution in [-0.2, 0) is 16.4 Å². The van der Waals surface area contributed by atoms with Crippen molar-refractivity contribution in [1.29, 1.82) is 0 Å². The second kappa shape index (κ2) is 9.95. The minimum Gasteiger partial charge on any atom is -0.491 e. The number of sulfone groups is 1. The van der Waals surface area contributed by atoms with Crippen LogP contribution in [0, 0.1) is 0 Å². The first-order valence-electron chi connectivity index (χ1n) is 9.16. The predicted molar refractivity (Wildman–Crippen MR) is 122 cm³/mol. The molecule has 1 N–H and O–H groups in total. The van der Waals surface area contributed by atoms with E-state index in [0.29, 0.717) is 19.6 Å². The maximum Gasteiger partial charge on any atom is 0.194 e. The van der Waals surface area contributed by atoms with Crippen molar-refractivity contribution in [2.75, 3.05) is 25.4 Å². The molecule has 1 aromatic carbocycles. The van der Waals surface area contributed by atoms with Crippen LogP contribution in [0.4, 0.5) is 0 Å². The molecule has 154 valence electrons. The number of aliphatic imine (C=N–C) groups is 1. The van der Waals surface area contributed by atoms with Gasteiger partial charge in [0.2, 0.25) is 0 Å². The Balaban J connectivity index is 0.00000364. The number of nitrogens with zero attached hydrogens (tertiary/aromatic N) is 2. The molecule has 1 saturated heterocycles. The minimum absolute atomic E-state index is 0. The smallest absolute Gasteiger partial charge is 0.194 e. The number of hydrogen-bond donors (Lipinski definition) is 1. The molecule has 0 atom stereocenters. The Kier molecular flexibility index (Phi) is 8.85. The highest BCUT2D eigenvalue weighted by molar-refractivity contribution is 14.0. The number of hydrogen-bond acceptors (Lipinski definition) is 4. The molecule has 0 radical (unpaired) electrons. The summed E-state index contributed by atoms with van der Waals surface area (Å²) in [5, 5.41) is 3.29. The van der Waals surface area contributed by atoms with Gasteiger partial charge in [0, 0.05) is 25.2 Å². The van der Waals surface area contributed by atoms with Crippen molar-refractivity contribution in [2.45, 2.75) is 52.0 Å². The van der Waals surface area contributed by atoms with Crippen molar-refractivity contribution >= 4 is 39.8 Å². The molecule has 8 heteroatoms. The van der Waals surface area contributed by atoms with E-state index in [1.165, 1.54) is 0 Å². The van der Waals surface area contributed by atoms with Gasteiger partial charge in [0.15, 0.2) is 15.8 Å². The van der Waals surface area contributed by atoms with Crippen molar-refractivity contribution in [3.63, 3.8) is 0 Å². The second-order valence-corrected chi connectivity index (χ2v) is 10.2. The molecule has 0 unspecified atom stereocenters. The highest BCUT2D eigenvalue weighted by atomic mass is 127. The summed E-state index contributed by atoms with van der Waals surface area (Å²) in [4.78, 5) is 6.78. The fraction of sp³-hybridized carbons (Fsp3) is 0.632. The van der Waals surface area contributed by atoms with Gasteiger partial charge in [0.05, 0.1) is 23.1 Å². The van der Waals surface area contributed by atoms with Crippen LogP contribution in [0.5, 0.6) is 5.75 Å². The lowest BCUT2D eigenvalue weighted by Crippen LogP contribution is -2.57. The van der Waals surface area contributed by atoms with Gasteiger partial charge in [0.25, 0.3) is 0 Å². The van der Waals surface area contributed by atoms with E-state index < -0.39 is 14.6 Å². The molecule has 1 aliphatic rings. The Labute approximate surface area is 180 Å². The van der Waals surface area contributed by atoms with E-state index in [2.05, 4.69) is 5.32 Å². The van der Waals surface area contributed by atoms with E-state index >= 15 is 0 Å². The number of benzene rings is 1. The van der Waals surface area contributed by atoms with Crippen LogP contribution < -0.4 is 10.1 Å². The summed E-state index contributed by atoms with van der Waals surface area (Å²) in [6, 6.07) is 7.89. The molecule has 27 heavy (non-hydrogen) atoms. The lowest BCUT2D eigenvalue weighted by Gasteiger charge is -2.39. The maximum atomic E-state index is 12.3. The first-order chi connectivity index (χ1) is 12.2. The van der Waals surface area contributed by atoms with Crippen LogP contribution >= 0.6 is 24.0 Å². The second-order valence-electron chi connectivity index (χ2n) is 7.44. The van der Waals surface area contributed by atoms with Crippen molar-refractivity contribution in [1.82, 2.24) is 10.2 Å². The lowest BCUT2D eigenvalue weighted by molar-refractivity contribution is 0.240. The molecular formula is C19H32IN3O3S. The summed E-state index contributed by atoms with van der Waals surface area (Å²) in [5.74, 6) is 1.73. The summed E-state index contributed by atoms with van der Waals surface area (Å²) in [6.45, 7) is 11.7. The molecule has 1 heterocycles. The number of nitrogens with one attached hydrogen (secondary N) is 1. The molecule has 0 saturated carbocycles. The normalized spacial score (nSPS) is 18.7.